The molecule has 1 heterocycles. The summed E-state index contributed by atoms with van der Waals surface area (Å²) < 4.78 is 15.7. The van der Waals surface area contributed by atoms with Gasteiger partial charge in [-0.25, -0.2) is 4.79 Å². The molecule has 6 heteroatoms. The van der Waals surface area contributed by atoms with Crippen molar-refractivity contribution in [2.75, 3.05) is 19.5 Å². The number of hydrogen-bond acceptors (Lipinski definition) is 5. The third-order valence-electron chi connectivity index (χ3n) is 4.03. The molecule has 0 saturated heterocycles. The van der Waals surface area contributed by atoms with Gasteiger partial charge in [0.15, 0.2) is 5.76 Å². The lowest BCUT2D eigenvalue weighted by Gasteiger charge is -2.10. The molecule has 0 unspecified atom stereocenters. The fourth-order valence-corrected chi connectivity index (χ4v) is 2.67. The molecule has 6 nitrogen and oxygen atoms in total. The van der Waals surface area contributed by atoms with Crippen molar-refractivity contribution in [2.24, 2.45) is 0 Å². The van der Waals surface area contributed by atoms with Gasteiger partial charge in [0.1, 0.15) is 17.1 Å². The van der Waals surface area contributed by atoms with E-state index in [1.807, 2.05) is 13.8 Å². The predicted molar refractivity (Wildman–Crippen MR) is 99.2 cm³/mol. The van der Waals surface area contributed by atoms with Crippen LogP contribution >= 0.6 is 0 Å². The molecule has 0 bridgehead atoms. The summed E-state index contributed by atoms with van der Waals surface area (Å²) in [7, 11) is 2.75. The molecule has 140 valence electrons. The number of rotatable bonds is 6. The van der Waals surface area contributed by atoms with Crippen molar-refractivity contribution in [3.05, 3.63) is 46.9 Å². The number of amides is 1. The third-order valence-corrected chi connectivity index (χ3v) is 4.03. The second kappa shape index (κ2) is 8.08. The molecule has 2 aromatic rings. The molecule has 2 rings (SSSR count). The molecule has 0 aliphatic heterocycles. The summed E-state index contributed by atoms with van der Waals surface area (Å²) in [6.45, 7) is 8.19. The summed E-state index contributed by atoms with van der Waals surface area (Å²) in [4.78, 5) is 24.3. The SMILES string of the molecule is COC(=O)c1ccc(NC(=O)c2cc(C(C)C)c(C(C)C)o2)cc1OC. The summed E-state index contributed by atoms with van der Waals surface area (Å²) >= 11 is 0. The van der Waals surface area contributed by atoms with Crippen LogP contribution in [0.15, 0.2) is 28.7 Å². The van der Waals surface area contributed by atoms with E-state index in [4.69, 9.17) is 13.9 Å². The maximum absolute atomic E-state index is 12.6. The second-order valence-corrected chi connectivity index (χ2v) is 6.60. The van der Waals surface area contributed by atoms with Gasteiger partial charge >= 0.3 is 5.97 Å². The molecule has 0 spiro atoms. The number of methoxy groups -OCH3 is 2. The highest BCUT2D eigenvalue weighted by atomic mass is 16.5. The monoisotopic (exact) mass is 359 g/mol. The van der Waals surface area contributed by atoms with Gasteiger partial charge in [-0.15, -0.1) is 0 Å². The van der Waals surface area contributed by atoms with Gasteiger partial charge in [0.2, 0.25) is 0 Å². The minimum atomic E-state index is -0.506. The molecular formula is C20H25NO5. The van der Waals surface area contributed by atoms with Gasteiger partial charge in [-0.1, -0.05) is 27.7 Å². The first kappa shape index (κ1) is 19.6. The highest BCUT2D eigenvalue weighted by Gasteiger charge is 2.21. The fourth-order valence-electron chi connectivity index (χ4n) is 2.67. The minimum absolute atomic E-state index is 0.188. The maximum atomic E-state index is 12.6. The van der Waals surface area contributed by atoms with E-state index in [0.29, 0.717) is 11.4 Å². The number of furan rings is 1. The maximum Gasteiger partial charge on any atom is 0.341 e. The van der Waals surface area contributed by atoms with E-state index >= 15 is 0 Å². The summed E-state index contributed by atoms with van der Waals surface area (Å²) in [5.41, 5.74) is 1.81. The van der Waals surface area contributed by atoms with Crippen LogP contribution in [0, 0.1) is 0 Å². The molecule has 1 N–H and O–H groups in total. The summed E-state index contributed by atoms with van der Waals surface area (Å²) in [6.07, 6.45) is 0. The van der Waals surface area contributed by atoms with Crippen LogP contribution in [0.1, 0.15) is 71.8 Å². The smallest absolute Gasteiger partial charge is 0.341 e. The zero-order valence-corrected chi connectivity index (χ0v) is 16.0. The standard InChI is InChI=1S/C20H25NO5/c1-11(2)15-10-17(26-18(15)12(3)4)19(22)21-13-7-8-14(20(23)25-6)16(9-13)24-5/h7-12H,1-6H3,(H,21,22). The second-order valence-electron chi connectivity index (χ2n) is 6.60. The quantitative estimate of drug-likeness (QED) is 0.764. The Morgan fingerprint density at radius 1 is 1.04 bits per heavy atom. The first-order valence-electron chi connectivity index (χ1n) is 8.49. The Hall–Kier alpha value is -2.76. The molecule has 0 aliphatic carbocycles. The zero-order valence-electron chi connectivity index (χ0n) is 16.0. The first-order valence-corrected chi connectivity index (χ1v) is 8.49. The van der Waals surface area contributed by atoms with Crippen LogP contribution in [-0.4, -0.2) is 26.1 Å². The van der Waals surface area contributed by atoms with Crippen molar-refractivity contribution in [1.82, 2.24) is 0 Å². The Balaban J connectivity index is 2.27. The van der Waals surface area contributed by atoms with Gasteiger partial charge in [-0.3, -0.25) is 4.79 Å². The van der Waals surface area contributed by atoms with Crippen molar-refractivity contribution < 1.29 is 23.5 Å². The number of carbonyl (C=O) groups excluding carboxylic acids is 2. The van der Waals surface area contributed by atoms with Gasteiger partial charge in [-0.05, 0) is 29.7 Å². The molecule has 0 radical (unpaired) electrons. The number of benzene rings is 1. The molecule has 0 fully saturated rings. The van der Waals surface area contributed by atoms with E-state index in [1.165, 1.54) is 14.2 Å². The van der Waals surface area contributed by atoms with Crippen LogP contribution in [0.5, 0.6) is 5.75 Å². The van der Waals surface area contributed by atoms with E-state index in [2.05, 4.69) is 19.2 Å². The van der Waals surface area contributed by atoms with E-state index in [-0.39, 0.29) is 29.1 Å². The molecule has 26 heavy (non-hydrogen) atoms. The van der Waals surface area contributed by atoms with Crippen molar-refractivity contribution in [3.63, 3.8) is 0 Å². The van der Waals surface area contributed by atoms with Gasteiger partial charge in [0.25, 0.3) is 5.91 Å². The molecule has 1 aromatic heterocycles. The lowest BCUT2D eigenvalue weighted by Crippen LogP contribution is -2.12. The minimum Gasteiger partial charge on any atom is -0.496 e. The van der Waals surface area contributed by atoms with Crippen LogP contribution in [0.3, 0.4) is 0 Å². The molecule has 0 saturated carbocycles. The Kier molecular flexibility index (Phi) is 6.08. The van der Waals surface area contributed by atoms with Crippen LogP contribution in [0.25, 0.3) is 0 Å². The van der Waals surface area contributed by atoms with Gasteiger partial charge in [-0.2, -0.15) is 0 Å². The fraction of sp³-hybridized carbons (Fsp3) is 0.400. The number of carbonyl (C=O) groups is 2. The van der Waals surface area contributed by atoms with E-state index in [0.717, 1.165) is 11.3 Å². The number of hydrogen-bond donors (Lipinski definition) is 1. The van der Waals surface area contributed by atoms with Gasteiger partial charge in [0.05, 0.1) is 14.2 Å². The number of esters is 1. The average Bonchev–Trinajstić information content (AvgIpc) is 3.07. The third kappa shape index (κ3) is 4.07. The van der Waals surface area contributed by atoms with Crippen molar-refractivity contribution >= 4 is 17.6 Å². The van der Waals surface area contributed by atoms with E-state index in [1.54, 1.807) is 24.3 Å². The van der Waals surface area contributed by atoms with Crippen LogP contribution in [0.2, 0.25) is 0 Å². The topological polar surface area (TPSA) is 77.8 Å². The summed E-state index contributed by atoms with van der Waals surface area (Å²) in [5.74, 6) is 0.989. The first-order chi connectivity index (χ1) is 12.3. The largest absolute Gasteiger partial charge is 0.496 e. The Morgan fingerprint density at radius 3 is 2.23 bits per heavy atom. The van der Waals surface area contributed by atoms with Crippen molar-refractivity contribution in [2.45, 2.75) is 39.5 Å². The van der Waals surface area contributed by atoms with E-state index in [9.17, 15) is 9.59 Å². The van der Waals surface area contributed by atoms with Crippen LogP contribution in [-0.2, 0) is 4.74 Å². The summed E-state index contributed by atoms with van der Waals surface area (Å²) in [5, 5.41) is 2.77. The highest BCUT2D eigenvalue weighted by Crippen LogP contribution is 2.30. The molecule has 1 aromatic carbocycles. The van der Waals surface area contributed by atoms with Crippen LogP contribution in [0.4, 0.5) is 5.69 Å². The summed E-state index contributed by atoms with van der Waals surface area (Å²) in [6, 6.07) is 6.51. The highest BCUT2D eigenvalue weighted by molar-refractivity contribution is 6.03. The predicted octanol–water partition coefficient (Wildman–Crippen LogP) is 4.57. The van der Waals surface area contributed by atoms with Crippen molar-refractivity contribution in [1.29, 1.82) is 0 Å². The molecule has 0 aliphatic rings. The number of ether oxygens (including phenoxy) is 2. The molecular weight excluding hydrogens is 334 g/mol. The lowest BCUT2D eigenvalue weighted by atomic mass is 9.98. The normalized spacial score (nSPS) is 10.9. The van der Waals surface area contributed by atoms with Gasteiger partial charge in [0, 0.05) is 17.7 Å². The lowest BCUT2D eigenvalue weighted by molar-refractivity contribution is 0.0597. The number of anilines is 1. The molecule has 0 atom stereocenters. The van der Waals surface area contributed by atoms with Crippen molar-refractivity contribution in [3.8, 4) is 5.75 Å². The Morgan fingerprint density at radius 2 is 1.73 bits per heavy atom. The van der Waals surface area contributed by atoms with Crippen LogP contribution < -0.4 is 10.1 Å². The number of nitrogens with one attached hydrogen (secondary N) is 1. The average molecular weight is 359 g/mol. The molecule has 1 amide bonds. The van der Waals surface area contributed by atoms with Gasteiger partial charge < -0.3 is 19.2 Å². The zero-order chi connectivity index (χ0) is 19.4. The Bertz CT molecular complexity index is 779. The Labute approximate surface area is 153 Å². The van der Waals surface area contributed by atoms with E-state index < -0.39 is 5.97 Å².